The lowest BCUT2D eigenvalue weighted by Crippen LogP contribution is -2.44. The van der Waals surface area contributed by atoms with Gasteiger partial charge < -0.3 is 19.1 Å². The fourth-order valence-corrected chi connectivity index (χ4v) is 2.82. The zero-order chi connectivity index (χ0) is 16.3. The lowest BCUT2D eigenvalue weighted by atomic mass is 9.95. The summed E-state index contributed by atoms with van der Waals surface area (Å²) >= 11 is 0. The topological polar surface area (TPSA) is 74.1 Å². The minimum atomic E-state index is -0.392. The first-order chi connectivity index (χ1) is 10.5. The van der Waals surface area contributed by atoms with E-state index < -0.39 is 4.92 Å². The van der Waals surface area contributed by atoms with Crippen LogP contribution in [0.2, 0.25) is 0 Å². The first-order valence-corrected chi connectivity index (χ1v) is 7.20. The number of nitro benzene ring substituents is 1. The molecular weight excluding hydrogens is 288 g/mol. The normalized spacial score (nSPS) is 21.5. The van der Waals surface area contributed by atoms with Crippen molar-refractivity contribution in [2.75, 3.05) is 39.3 Å². The number of anilines is 1. The van der Waals surface area contributed by atoms with Gasteiger partial charge in [-0.3, -0.25) is 10.1 Å². The summed E-state index contributed by atoms with van der Waals surface area (Å²) in [5, 5.41) is 11.4. The highest BCUT2D eigenvalue weighted by atomic mass is 16.6. The Balaban J connectivity index is 2.42. The Morgan fingerprint density at radius 1 is 1.23 bits per heavy atom. The van der Waals surface area contributed by atoms with E-state index in [1.165, 1.54) is 20.3 Å². The Labute approximate surface area is 129 Å². The zero-order valence-corrected chi connectivity index (χ0v) is 13.4. The van der Waals surface area contributed by atoms with Gasteiger partial charge in [-0.15, -0.1) is 0 Å². The minimum Gasteiger partial charge on any atom is -0.493 e. The molecule has 2 unspecified atom stereocenters. The van der Waals surface area contributed by atoms with Crippen LogP contribution in [-0.4, -0.2) is 45.4 Å². The minimum absolute atomic E-state index is 0.0158. The van der Waals surface area contributed by atoms with E-state index in [4.69, 9.17) is 14.2 Å². The third-order valence-corrected chi connectivity index (χ3v) is 4.21. The zero-order valence-electron chi connectivity index (χ0n) is 13.4. The number of benzene rings is 1. The quantitative estimate of drug-likeness (QED) is 0.614. The summed E-state index contributed by atoms with van der Waals surface area (Å²) in [7, 11) is 4.65. The number of hydrogen-bond donors (Lipinski definition) is 0. The maximum atomic E-state index is 11.4. The van der Waals surface area contributed by atoms with Crippen LogP contribution in [0.3, 0.4) is 0 Å². The lowest BCUT2D eigenvalue weighted by Gasteiger charge is -2.37. The smallest absolute Gasteiger partial charge is 0.296 e. The number of hydrogen-bond acceptors (Lipinski definition) is 6. The van der Waals surface area contributed by atoms with Crippen molar-refractivity contribution in [2.45, 2.75) is 19.4 Å². The van der Waals surface area contributed by atoms with E-state index in [0.29, 0.717) is 29.6 Å². The highest BCUT2D eigenvalue weighted by molar-refractivity contribution is 5.70. The molecule has 122 valence electrons. The molecule has 0 radical (unpaired) electrons. The van der Waals surface area contributed by atoms with Crippen LogP contribution in [0, 0.1) is 16.0 Å². The molecule has 1 aromatic carbocycles. The molecule has 0 saturated carbocycles. The summed E-state index contributed by atoms with van der Waals surface area (Å²) in [4.78, 5) is 13.0. The predicted molar refractivity (Wildman–Crippen MR) is 83.0 cm³/mol. The summed E-state index contributed by atoms with van der Waals surface area (Å²) < 4.78 is 15.9. The van der Waals surface area contributed by atoms with Crippen molar-refractivity contribution in [2.24, 2.45) is 5.92 Å². The summed E-state index contributed by atoms with van der Waals surface area (Å²) in [6.07, 6.45) is 0.978. The summed E-state index contributed by atoms with van der Waals surface area (Å²) in [5.41, 5.74) is 0.554. The lowest BCUT2D eigenvalue weighted by molar-refractivity contribution is -0.384. The van der Waals surface area contributed by atoms with Crippen molar-refractivity contribution in [3.63, 3.8) is 0 Å². The number of nitro groups is 1. The van der Waals surface area contributed by atoms with E-state index in [-0.39, 0.29) is 11.8 Å². The number of methoxy groups -OCH3 is 3. The van der Waals surface area contributed by atoms with E-state index in [9.17, 15) is 10.1 Å². The molecule has 1 aromatic rings. The molecule has 1 aliphatic heterocycles. The highest BCUT2D eigenvalue weighted by Crippen LogP contribution is 2.40. The van der Waals surface area contributed by atoms with Gasteiger partial charge >= 0.3 is 0 Å². The fourth-order valence-electron chi connectivity index (χ4n) is 2.82. The Hall–Kier alpha value is -2.02. The molecule has 0 aliphatic carbocycles. The standard InChI is InChI=1S/C15H22N2O5/c1-10-5-6-16(9-15(10)22-4)11-7-13(20-2)14(21-3)8-12(11)17(18)19/h7-8,10,15H,5-6,9H2,1-4H3. The number of nitrogens with zero attached hydrogens (tertiary/aromatic N) is 2. The van der Waals surface area contributed by atoms with E-state index in [0.717, 1.165) is 13.0 Å². The molecule has 1 aliphatic rings. The molecule has 22 heavy (non-hydrogen) atoms. The maximum Gasteiger partial charge on any atom is 0.296 e. The molecule has 1 fully saturated rings. The van der Waals surface area contributed by atoms with Crippen molar-refractivity contribution >= 4 is 11.4 Å². The van der Waals surface area contributed by atoms with Crippen LogP contribution < -0.4 is 14.4 Å². The second-order valence-corrected chi connectivity index (χ2v) is 5.44. The largest absolute Gasteiger partial charge is 0.493 e. The summed E-state index contributed by atoms with van der Waals surface area (Å²) in [6.45, 7) is 3.50. The van der Waals surface area contributed by atoms with E-state index in [1.807, 2.05) is 4.90 Å². The molecule has 0 bridgehead atoms. The van der Waals surface area contributed by atoms with Crippen molar-refractivity contribution in [1.82, 2.24) is 0 Å². The van der Waals surface area contributed by atoms with Gasteiger partial charge in [0.25, 0.3) is 5.69 Å². The third-order valence-electron chi connectivity index (χ3n) is 4.21. The monoisotopic (exact) mass is 310 g/mol. The Bertz CT molecular complexity index is 549. The Morgan fingerprint density at radius 3 is 2.41 bits per heavy atom. The first-order valence-electron chi connectivity index (χ1n) is 7.20. The van der Waals surface area contributed by atoms with Crippen LogP contribution in [0.15, 0.2) is 12.1 Å². The van der Waals surface area contributed by atoms with Crippen molar-refractivity contribution in [3.05, 3.63) is 22.2 Å². The van der Waals surface area contributed by atoms with E-state index in [2.05, 4.69) is 6.92 Å². The molecular formula is C15H22N2O5. The number of ether oxygens (including phenoxy) is 3. The van der Waals surface area contributed by atoms with Gasteiger partial charge in [0.2, 0.25) is 0 Å². The molecule has 2 rings (SSSR count). The van der Waals surface area contributed by atoms with E-state index in [1.54, 1.807) is 13.2 Å². The molecule has 1 saturated heterocycles. The number of rotatable bonds is 5. The predicted octanol–water partition coefficient (Wildman–Crippen LogP) is 2.47. The second-order valence-electron chi connectivity index (χ2n) is 5.44. The van der Waals surface area contributed by atoms with E-state index >= 15 is 0 Å². The summed E-state index contributed by atoms with van der Waals surface area (Å²) in [5.74, 6) is 1.27. The molecule has 7 heteroatoms. The van der Waals surface area contributed by atoms with Gasteiger partial charge in [0, 0.05) is 26.3 Å². The third kappa shape index (κ3) is 3.09. The molecule has 0 spiro atoms. The van der Waals surface area contributed by atoms with Gasteiger partial charge in [0.1, 0.15) is 5.69 Å². The highest BCUT2D eigenvalue weighted by Gasteiger charge is 2.31. The molecule has 7 nitrogen and oxygen atoms in total. The van der Waals surface area contributed by atoms with Crippen LogP contribution in [0.1, 0.15) is 13.3 Å². The maximum absolute atomic E-state index is 11.4. The van der Waals surface area contributed by atoms with Gasteiger partial charge in [0.15, 0.2) is 11.5 Å². The van der Waals surface area contributed by atoms with Gasteiger partial charge in [-0.25, -0.2) is 0 Å². The van der Waals surface area contributed by atoms with Crippen LogP contribution >= 0.6 is 0 Å². The van der Waals surface area contributed by atoms with Crippen molar-refractivity contribution in [3.8, 4) is 11.5 Å². The molecule has 1 heterocycles. The van der Waals surface area contributed by atoms with Gasteiger partial charge in [-0.05, 0) is 12.3 Å². The first kappa shape index (κ1) is 16.4. The van der Waals surface area contributed by atoms with Crippen LogP contribution in [0.25, 0.3) is 0 Å². The average molecular weight is 310 g/mol. The summed E-state index contributed by atoms with van der Waals surface area (Å²) in [6, 6.07) is 3.08. The molecule has 0 amide bonds. The molecule has 0 aromatic heterocycles. The van der Waals surface area contributed by atoms with Crippen molar-refractivity contribution in [1.29, 1.82) is 0 Å². The van der Waals surface area contributed by atoms with Crippen LogP contribution in [0.5, 0.6) is 11.5 Å². The SMILES string of the molecule is COc1cc(N2CCC(C)C(OC)C2)c([N+](=O)[O-])cc1OC. The van der Waals surface area contributed by atoms with Gasteiger partial charge in [-0.2, -0.15) is 0 Å². The average Bonchev–Trinajstić information content (AvgIpc) is 2.53. The number of piperidine rings is 1. The van der Waals surface area contributed by atoms with Crippen LogP contribution in [0.4, 0.5) is 11.4 Å². The second kappa shape index (κ2) is 6.83. The molecule has 2 atom stereocenters. The molecule has 0 N–H and O–H groups in total. The Kier molecular flexibility index (Phi) is 5.07. The fraction of sp³-hybridized carbons (Fsp3) is 0.600. The van der Waals surface area contributed by atoms with Crippen molar-refractivity contribution < 1.29 is 19.1 Å². The van der Waals surface area contributed by atoms with Gasteiger partial charge in [-0.1, -0.05) is 6.92 Å². The van der Waals surface area contributed by atoms with Gasteiger partial charge in [0.05, 0.1) is 31.3 Å². The Morgan fingerprint density at radius 2 is 1.86 bits per heavy atom. The van der Waals surface area contributed by atoms with Crippen LogP contribution in [-0.2, 0) is 4.74 Å².